The highest BCUT2D eigenvalue weighted by Gasteiger charge is 2.36. The molecule has 5 N–H and O–H groups in total. The van der Waals surface area contributed by atoms with Crippen LogP contribution in [0.2, 0.25) is 10.0 Å². The van der Waals surface area contributed by atoms with Gasteiger partial charge in [-0.2, -0.15) is 0 Å². The van der Waals surface area contributed by atoms with Crippen molar-refractivity contribution < 1.29 is 27.9 Å². The zero-order chi connectivity index (χ0) is 22.7. The average Bonchev–Trinajstić information content (AvgIpc) is 2.62. The van der Waals surface area contributed by atoms with Crippen LogP contribution in [0.1, 0.15) is 20.3 Å². The second-order valence-corrected chi connectivity index (χ2v) is 11.5. The number of sulfonamides is 1. The van der Waals surface area contributed by atoms with Gasteiger partial charge in [0.25, 0.3) is 10.0 Å². The average molecular weight is 497 g/mol. The summed E-state index contributed by atoms with van der Waals surface area (Å²) in [6.07, 6.45) is -1.40. The van der Waals surface area contributed by atoms with Crippen LogP contribution in [0, 0.1) is 5.92 Å². The van der Waals surface area contributed by atoms with Crippen molar-refractivity contribution in [2.45, 2.75) is 37.1 Å². The minimum atomic E-state index is -4.54. The minimum absolute atomic E-state index is 0.0426. The van der Waals surface area contributed by atoms with Crippen LogP contribution in [0.4, 0.5) is 11.4 Å². The fourth-order valence-corrected chi connectivity index (χ4v) is 5.19. The van der Waals surface area contributed by atoms with Crippen molar-refractivity contribution in [3.63, 3.8) is 0 Å². The third kappa shape index (κ3) is 6.85. The first-order valence-electron chi connectivity index (χ1n) is 8.87. The molecule has 0 aliphatic carbocycles. The number of aliphatic hydroxyl groups excluding tert-OH is 1. The highest BCUT2D eigenvalue weighted by Crippen LogP contribution is 2.46. The van der Waals surface area contributed by atoms with Crippen molar-refractivity contribution in [3.8, 4) is 0 Å². The van der Waals surface area contributed by atoms with E-state index in [1.807, 2.05) is 0 Å². The number of hydrogen-bond donors (Lipinski definition) is 5. The molecule has 2 atom stereocenters. The number of halogens is 2. The monoisotopic (exact) mass is 496 g/mol. The van der Waals surface area contributed by atoms with Gasteiger partial charge in [0.2, 0.25) is 0 Å². The van der Waals surface area contributed by atoms with E-state index >= 15 is 0 Å². The molecule has 8 nitrogen and oxygen atoms in total. The largest absolute Gasteiger partial charge is 0.373 e. The Morgan fingerprint density at radius 3 is 2.07 bits per heavy atom. The van der Waals surface area contributed by atoms with Crippen molar-refractivity contribution >= 4 is 52.2 Å². The van der Waals surface area contributed by atoms with Gasteiger partial charge < -0.3 is 20.2 Å². The quantitative estimate of drug-likeness (QED) is 0.260. The van der Waals surface area contributed by atoms with Gasteiger partial charge in [0, 0.05) is 5.69 Å². The van der Waals surface area contributed by atoms with E-state index in [9.17, 15) is 27.9 Å². The van der Waals surface area contributed by atoms with E-state index in [-0.39, 0.29) is 27.9 Å². The molecule has 0 spiro atoms. The standard InChI is InChI=1S/C18H23Cl2N2O6PS/c1-11(2)9-17(29(24,25)26)18(23)21-12-3-6-14(7-4-12)30(27,28)22-13-5-8-15(19)16(20)10-13/h3-8,10-11,17-18,21-23H,9H2,1-2H3,(H2,24,25,26). The summed E-state index contributed by atoms with van der Waals surface area (Å²) in [6.45, 7) is 3.58. The van der Waals surface area contributed by atoms with Crippen molar-refractivity contribution in [1.82, 2.24) is 0 Å². The Balaban J connectivity index is 2.14. The molecule has 2 unspecified atom stereocenters. The van der Waals surface area contributed by atoms with Gasteiger partial charge in [-0.25, -0.2) is 8.42 Å². The van der Waals surface area contributed by atoms with E-state index in [1.54, 1.807) is 13.8 Å². The third-order valence-corrected chi connectivity index (χ3v) is 7.65. The van der Waals surface area contributed by atoms with Gasteiger partial charge in [-0.1, -0.05) is 37.0 Å². The molecule has 0 aromatic heterocycles. The van der Waals surface area contributed by atoms with E-state index < -0.39 is 29.5 Å². The predicted molar refractivity (Wildman–Crippen MR) is 119 cm³/mol. The summed E-state index contributed by atoms with van der Waals surface area (Å²) in [5.74, 6) is -0.0426. The number of aliphatic hydroxyl groups is 1. The van der Waals surface area contributed by atoms with Gasteiger partial charge >= 0.3 is 7.60 Å². The Hall–Kier alpha value is -1.32. The topological polar surface area (TPSA) is 136 Å². The normalized spacial score (nSPS) is 14.4. The molecule has 2 rings (SSSR count). The maximum absolute atomic E-state index is 12.5. The Morgan fingerprint density at radius 1 is 1.00 bits per heavy atom. The molecule has 2 aromatic carbocycles. The molecule has 0 saturated heterocycles. The fraction of sp³-hybridized carbons (Fsp3) is 0.333. The summed E-state index contributed by atoms with van der Waals surface area (Å²) in [6, 6.07) is 9.68. The molecule has 30 heavy (non-hydrogen) atoms. The highest BCUT2D eigenvalue weighted by molar-refractivity contribution is 7.92. The van der Waals surface area contributed by atoms with Crippen LogP contribution in [-0.4, -0.2) is 35.2 Å². The van der Waals surface area contributed by atoms with E-state index in [4.69, 9.17) is 23.2 Å². The molecule has 2 aromatic rings. The molecule has 0 fully saturated rings. The Morgan fingerprint density at radius 2 is 1.57 bits per heavy atom. The van der Waals surface area contributed by atoms with Crippen molar-refractivity contribution in [3.05, 3.63) is 52.5 Å². The summed E-state index contributed by atoms with van der Waals surface area (Å²) in [5.41, 5.74) is -0.754. The van der Waals surface area contributed by atoms with Crippen LogP contribution in [0.5, 0.6) is 0 Å². The summed E-state index contributed by atoms with van der Waals surface area (Å²) in [5, 5.41) is 13.4. The molecule has 12 heteroatoms. The van der Waals surface area contributed by atoms with E-state index in [0.29, 0.717) is 10.7 Å². The fourth-order valence-electron chi connectivity index (χ4n) is 2.70. The molecule has 166 valence electrons. The van der Waals surface area contributed by atoms with Gasteiger partial charge in [0.1, 0.15) is 11.9 Å². The molecule has 0 aliphatic rings. The first-order valence-corrected chi connectivity index (χ1v) is 12.8. The van der Waals surface area contributed by atoms with Crippen molar-refractivity contribution in [2.75, 3.05) is 10.0 Å². The van der Waals surface area contributed by atoms with Gasteiger partial charge in [0.05, 0.1) is 20.6 Å². The maximum atomic E-state index is 12.5. The Labute approximate surface area is 185 Å². The molecule has 0 radical (unpaired) electrons. The zero-order valence-corrected chi connectivity index (χ0v) is 19.4. The Kier molecular flexibility index (Phi) is 8.21. The van der Waals surface area contributed by atoms with Gasteiger partial charge in [0.15, 0.2) is 0 Å². The third-order valence-electron chi connectivity index (χ3n) is 4.16. The highest BCUT2D eigenvalue weighted by atomic mass is 35.5. The molecule has 0 saturated carbocycles. The lowest BCUT2D eigenvalue weighted by Crippen LogP contribution is -2.34. The van der Waals surface area contributed by atoms with Crippen LogP contribution < -0.4 is 10.0 Å². The van der Waals surface area contributed by atoms with Crippen LogP contribution in [0.3, 0.4) is 0 Å². The van der Waals surface area contributed by atoms with E-state index in [0.717, 1.165) is 0 Å². The minimum Gasteiger partial charge on any atom is -0.373 e. The number of benzene rings is 2. The maximum Gasteiger partial charge on any atom is 0.333 e. The first kappa shape index (κ1) is 24.9. The molecule has 0 aliphatic heterocycles. The van der Waals surface area contributed by atoms with Gasteiger partial charge in [-0.15, -0.1) is 0 Å². The number of nitrogens with one attached hydrogen (secondary N) is 2. The lowest BCUT2D eigenvalue weighted by Gasteiger charge is -2.26. The molecule has 0 amide bonds. The van der Waals surface area contributed by atoms with Crippen LogP contribution >= 0.6 is 30.8 Å². The number of hydrogen-bond acceptors (Lipinski definition) is 5. The SMILES string of the molecule is CC(C)CC(C(O)Nc1ccc(S(=O)(=O)Nc2ccc(Cl)c(Cl)c2)cc1)P(=O)(O)O. The second kappa shape index (κ2) is 9.87. The van der Waals surface area contributed by atoms with E-state index in [1.165, 1.54) is 42.5 Å². The second-order valence-electron chi connectivity index (χ2n) is 7.13. The molecule has 0 bridgehead atoms. The van der Waals surface area contributed by atoms with Crippen LogP contribution in [0.25, 0.3) is 0 Å². The molecular weight excluding hydrogens is 474 g/mol. The summed E-state index contributed by atoms with van der Waals surface area (Å²) in [4.78, 5) is 19.0. The lowest BCUT2D eigenvalue weighted by molar-refractivity contribution is 0.172. The summed E-state index contributed by atoms with van der Waals surface area (Å²) in [7, 11) is -8.45. The first-order chi connectivity index (χ1) is 13.8. The van der Waals surface area contributed by atoms with Crippen molar-refractivity contribution in [2.24, 2.45) is 5.92 Å². The van der Waals surface area contributed by atoms with Gasteiger partial charge in [-0.05, 0) is 54.8 Å². The lowest BCUT2D eigenvalue weighted by atomic mass is 10.1. The smallest absolute Gasteiger partial charge is 0.333 e. The van der Waals surface area contributed by atoms with Crippen molar-refractivity contribution in [1.29, 1.82) is 0 Å². The van der Waals surface area contributed by atoms with Gasteiger partial charge in [-0.3, -0.25) is 9.29 Å². The summed E-state index contributed by atoms with van der Waals surface area (Å²) < 4.78 is 39.1. The van der Waals surface area contributed by atoms with E-state index in [2.05, 4.69) is 10.0 Å². The number of rotatable bonds is 9. The van der Waals surface area contributed by atoms with Crippen LogP contribution in [0.15, 0.2) is 47.4 Å². The molecule has 0 heterocycles. The Bertz CT molecular complexity index is 1030. The predicted octanol–water partition coefficient (Wildman–Crippen LogP) is 4.12. The number of anilines is 2. The molecular formula is C18H23Cl2N2O6PS. The zero-order valence-electron chi connectivity index (χ0n) is 16.2. The summed E-state index contributed by atoms with van der Waals surface area (Å²) >= 11 is 11.7. The van der Waals surface area contributed by atoms with Crippen LogP contribution in [-0.2, 0) is 14.6 Å².